The molecule has 1 aliphatic carbocycles. The molecule has 1 aliphatic rings. The summed E-state index contributed by atoms with van der Waals surface area (Å²) in [6.07, 6.45) is 4.50. The van der Waals surface area contributed by atoms with Crippen LogP contribution < -0.4 is 10.5 Å². The van der Waals surface area contributed by atoms with Crippen LogP contribution in [0.3, 0.4) is 0 Å². The molecule has 1 fully saturated rings. The van der Waals surface area contributed by atoms with E-state index < -0.39 is 5.60 Å². The third-order valence-electron chi connectivity index (χ3n) is 3.65. The fraction of sp³-hybridized carbons (Fsp3) is 0.571. The fourth-order valence-electron chi connectivity index (χ4n) is 2.01. The Morgan fingerprint density at radius 3 is 2.76 bits per heavy atom. The number of benzene rings is 1. The van der Waals surface area contributed by atoms with Crippen LogP contribution in [0, 0.1) is 0 Å². The summed E-state index contributed by atoms with van der Waals surface area (Å²) in [5.74, 6) is 0.840. The molecule has 3 N–H and O–H groups in total. The molecule has 0 heterocycles. The van der Waals surface area contributed by atoms with Gasteiger partial charge in [0.2, 0.25) is 0 Å². The monoisotopic (exact) mass is 235 g/mol. The number of aliphatic hydroxyl groups is 1. The van der Waals surface area contributed by atoms with Gasteiger partial charge in [-0.05, 0) is 43.4 Å². The van der Waals surface area contributed by atoms with Crippen LogP contribution in [0.15, 0.2) is 24.3 Å². The summed E-state index contributed by atoms with van der Waals surface area (Å²) < 4.78 is 5.82. The van der Waals surface area contributed by atoms with Gasteiger partial charge in [0.1, 0.15) is 11.4 Å². The van der Waals surface area contributed by atoms with Gasteiger partial charge in [0.05, 0.1) is 6.10 Å². The molecule has 0 saturated heterocycles. The lowest BCUT2D eigenvalue weighted by atomic mass is 9.91. The Morgan fingerprint density at radius 2 is 2.24 bits per heavy atom. The molecule has 0 radical (unpaired) electrons. The van der Waals surface area contributed by atoms with Crippen LogP contribution in [0.25, 0.3) is 0 Å². The van der Waals surface area contributed by atoms with Crippen molar-refractivity contribution in [2.24, 2.45) is 5.73 Å². The Kier molecular flexibility index (Phi) is 3.69. The lowest BCUT2D eigenvalue weighted by Crippen LogP contribution is -2.34. The molecule has 0 spiro atoms. The molecule has 94 valence electrons. The minimum Gasteiger partial charge on any atom is -0.490 e. The summed E-state index contributed by atoms with van der Waals surface area (Å²) in [6.45, 7) is 2.17. The largest absolute Gasteiger partial charge is 0.490 e. The molecule has 1 atom stereocenters. The van der Waals surface area contributed by atoms with Gasteiger partial charge in [-0.2, -0.15) is 0 Å². The Bertz CT molecular complexity index is 370. The van der Waals surface area contributed by atoms with Gasteiger partial charge in [0, 0.05) is 6.54 Å². The first-order valence-corrected chi connectivity index (χ1v) is 6.37. The standard InChI is InChI=1S/C14H21NO2/c1-2-14(16,10-15)11-5-3-8-13(9-11)17-12-6-4-7-12/h3,5,8-9,12,16H,2,4,6-7,10,15H2,1H3/t14-/m1/s1. The molecule has 0 bridgehead atoms. The Balaban J connectivity index is 2.14. The van der Waals surface area contributed by atoms with Gasteiger partial charge in [0.15, 0.2) is 0 Å². The SMILES string of the molecule is CC[C@@](O)(CN)c1cccc(OC2CCC2)c1. The molecule has 17 heavy (non-hydrogen) atoms. The summed E-state index contributed by atoms with van der Waals surface area (Å²) in [5.41, 5.74) is 5.56. The fourth-order valence-corrected chi connectivity index (χ4v) is 2.01. The van der Waals surface area contributed by atoms with Gasteiger partial charge in [0.25, 0.3) is 0 Å². The first-order chi connectivity index (χ1) is 8.18. The smallest absolute Gasteiger partial charge is 0.120 e. The number of rotatable bonds is 5. The van der Waals surface area contributed by atoms with Gasteiger partial charge in [-0.1, -0.05) is 19.1 Å². The number of hydrogen-bond acceptors (Lipinski definition) is 3. The van der Waals surface area contributed by atoms with Crippen molar-refractivity contribution in [1.29, 1.82) is 0 Å². The van der Waals surface area contributed by atoms with E-state index >= 15 is 0 Å². The third kappa shape index (κ3) is 2.61. The Morgan fingerprint density at radius 1 is 1.47 bits per heavy atom. The molecule has 0 aromatic heterocycles. The van der Waals surface area contributed by atoms with Crippen LogP contribution in [-0.2, 0) is 5.60 Å². The van der Waals surface area contributed by atoms with Crippen LogP contribution in [0.1, 0.15) is 38.2 Å². The zero-order valence-electron chi connectivity index (χ0n) is 10.4. The quantitative estimate of drug-likeness (QED) is 0.822. The second kappa shape index (κ2) is 5.07. The van der Waals surface area contributed by atoms with E-state index in [2.05, 4.69) is 0 Å². The molecule has 1 saturated carbocycles. The maximum atomic E-state index is 10.3. The van der Waals surface area contributed by atoms with Crippen molar-refractivity contribution in [2.45, 2.75) is 44.3 Å². The van der Waals surface area contributed by atoms with Gasteiger partial charge in [-0.3, -0.25) is 0 Å². The van der Waals surface area contributed by atoms with E-state index in [1.54, 1.807) is 0 Å². The van der Waals surface area contributed by atoms with Crippen molar-refractivity contribution in [1.82, 2.24) is 0 Å². The average molecular weight is 235 g/mol. The summed E-state index contributed by atoms with van der Waals surface area (Å²) >= 11 is 0. The molecule has 0 aliphatic heterocycles. The van der Waals surface area contributed by atoms with E-state index in [1.165, 1.54) is 6.42 Å². The van der Waals surface area contributed by atoms with E-state index in [9.17, 15) is 5.11 Å². The molecule has 1 aromatic carbocycles. The zero-order chi connectivity index (χ0) is 12.3. The Labute approximate surface area is 103 Å². The highest BCUT2D eigenvalue weighted by Gasteiger charge is 2.26. The Hall–Kier alpha value is -1.06. The highest BCUT2D eigenvalue weighted by atomic mass is 16.5. The summed E-state index contributed by atoms with van der Waals surface area (Å²) in [7, 11) is 0. The van der Waals surface area contributed by atoms with E-state index in [4.69, 9.17) is 10.5 Å². The molecule has 3 nitrogen and oxygen atoms in total. The normalized spacial score (nSPS) is 19.5. The third-order valence-corrected chi connectivity index (χ3v) is 3.65. The molecule has 2 rings (SSSR count). The van der Waals surface area contributed by atoms with Gasteiger partial charge >= 0.3 is 0 Å². The van der Waals surface area contributed by atoms with Crippen LogP contribution in [0.4, 0.5) is 0 Å². The lowest BCUT2D eigenvalue weighted by Gasteiger charge is -2.29. The topological polar surface area (TPSA) is 55.5 Å². The molecule has 0 amide bonds. The van der Waals surface area contributed by atoms with Crippen molar-refractivity contribution in [3.05, 3.63) is 29.8 Å². The summed E-state index contributed by atoms with van der Waals surface area (Å²) in [6, 6.07) is 7.67. The lowest BCUT2D eigenvalue weighted by molar-refractivity contribution is 0.0411. The van der Waals surface area contributed by atoms with Crippen molar-refractivity contribution >= 4 is 0 Å². The predicted octanol–water partition coefficient (Wildman–Crippen LogP) is 2.17. The van der Waals surface area contributed by atoms with Crippen molar-refractivity contribution in [3.8, 4) is 5.75 Å². The van der Waals surface area contributed by atoms with Crippen LogP contribution >= 0.6 is 0 Å². The number of ether oxygens (including phenoxy) is 1. The molecule has 1 aromatic rings. The molecular formula is C14H21NO2. The maximum Gasteiger partial charge on any atom is 0.120 e. The zero-order valence-corrected chi connectivity index (χ0v) is 10.4. The molecule has 0 unspecified atom stereocenters. The van der Waals surface area contributed by atoms with E-state index in [-0.39, 0.29) is 6.54 Å². The first kappa shape index (κ1) is 12.4. The van der Waals surface area contributed by atoms with Crippen LogP contribution in [0.5, 0.6) is 5.75 Å². The van der Waals surface area contributed by atoms with E-state index in [0.717, 1.165) is 24.2 Å². The van der Waals surface area contributed by atoms with E-state index in [1.807, 2.05) is 31.2 Å². The summed E-state index contributed by atoms with van der Waals surface area (Å²) in [5, 5.41) is 10.3. The number of hydrogen-bond donors (Lipinski definition) is 2. The van der Waals surface area contributed by atoms with Crippen LogP contribution in [-0.4, -0.2) is 17.8 Å². The van der Waals surface area contributed by atoms with Gasteiger partial charge in [-0.15, -0.1) is 0 Å². The maximum absolute atomic E-state index is 10.3. The van der Waals surface area contributed by atoms with Crippen molar-refractivity contribution < 1.29 is 9.84 Å². The highest BCUT2D eigenvalue weighted by Crippen LogP contribution is 2.29. The second-order valence-corrected chi connectivity index (χ2v) is 4.79. The first-order valence-electron chi connectivity index (χ1n) is 6.37. The van der Waals surface area contributed by atoms with Crippen LogP contribution in [0.2, 0.25) is 0 Å². The minimum atomic E-state index is -0.932. The minimum absolute atomic E-state index is 0.233. The van der Waals surface area contributed by atoms with Gasteiger partial charge < -0.3 is 15.6 Å². The number of nitrogens with two attached hydrogens (primary N) is 1. The molecular weight excluding hydrogens is 214 g/mol. The van der Waals surface area contributed by atoms with Gasteiger partial charge in [-0.25, -0.2) is 0 Å². The van der Waals surface area contributed by atoms with E-state index in [0.29, 0.717) is 12.5 Å². The second-order valence-electron chi connectivity index (χ2n) is 4.79. The van der Waals surface area contributed by atoms with Crippen molar-refractivity contribution in [3.63, 3.8) is 0 Å². The highest BCUT2D eigenvalue weighted by molar-refractivity contribution is 5.32. The van der Waals surface area contributed by atoms with Crippen molar-refractivity contribution in [2.75, 3.05) is 6.54 Å². The summed E-state index contributed by atoms with van der Waals surface area (Å²) in [4.78, 5) is 0. The average Bonchev–Trinajstić information content (AvgIpc) is 2.33. The molecule has 3 heteroatoms. The predicted molar refractivity (Wildman–Crippen MR) is 68.0 cm³/mol.